The van der Waals surface area contributed by atoms with Gasteiger partial charge in [0.05, 0.1) is 5.69 Å². The van der Waals surface area contributed by atoms with E-state index in [4.69, 9.17) is 4.98 Å². The van der Waals surface area contributed by atoms with E-state index in [1.54, 1.807) is 11.3 Å². The van der Waals surface area contributed by atoms with E-state index >= 15 is 0 Å². The molecule has 19 heavy (non-hydrogen) atoms. The molecule has 2 atom stereocenters. The normalized spacial score (nSPS) is 29.1. The molecular weight excluding hydrogens is 256 g/mol. The van der Waals surface area contributed by atoms with Gasteiger partial charge in [-0.05, 0) is 25.7 Å². The lowest BCUT2D eigenvalue weighted by molar-refractivity contribution is 0.111. The fourth-order valence-electron chi connectivity index (χ4n) is 3.19. The summed E-state index contributed by atoms with van der Waals surface area (Å²) < 4.78 is 2.14. The van der Waals surface area contributed by atoms with Crippen LogP contribution in [0.15, 0.2) is 17.8 Å². The maximum Gasteiger partial charge on any atom is 0.193 e. The molecule has 2 aromatic rings. The highest BCUT2D eigenvalue weighted by atomic mass is 32.1. The van der Waals surface area contributed by atoms with Crippen molar-refractivity contribution < 1.29 is 0 Å². The summed E-state index contributed by atoms with van der Waals surface area (Å²) in [5, 5.41) is 5.71. The van der Waals surface area contributed by atoms with Gasteiger partial charge in [-0.25, -0.2) is 4.98 Å². The Hall–Kier alpha value is -0.910. The number of rotatable bonds is 3. The Bertz CT molecular complexity index is 542. The van der Waals surface area contributed by atoms with Gasteiger partial charge in [-0.1, -0.05) is 0 Å². The molecule has 1 N–H and O–H groups in total. The molecule has 0 radical (unpaired) electrons. The van der Waals surface area contributed by atoms with Crippen molar-refractivity contribution in [1.29, 1.82) is 0 Å². The maximum atomic E-state index is 4.73. The van der Waals surface area contributed by atoms with E-state index in [0.29, 0.717) is 6.04 Å². The van der Waals surface area contributed by atoms with E-state index in [9.17, 15) is 0 Å². The molecule has 102 valence electrons. The van der Waals surface area contributed by atoms with Gasteiger partial charge in [0.25, 0.3) is 0 Å². The molecule has 1 saturated heterocycles. The zero-order chi connectivity index (χ0) is 12.8. The minimum absolute atomic E-state index is 0.596. The molecule has 2 aromatic heterocycles. The van der Waals surface area contributed by atoms with Gasteiger partial charge in [-0.15, -0.1) is 11.3 Å². The predicted octanol–water partition coefficient (Wildman–Crippen LogP) is 1.97. The van der Waals surface area contributed by atoms with Gasteiger partial charge in [-0.2, -0.15) is 0 Å². The van der Waals surface area contributed by atoms with Crippen molar-refractivity contribution in [1.82, 2.24) is 19.6 Å². The highest BCUT2D eigenvalue weighted by Crippen LogP contribution is 2.36. The smallest absolute Gasteiger partial charge is 0.193 e. The molecule has 4 nitrogen and oxygen atoms in total. The molecule has 2 aliphatic rings. The lowest BCUT2D eigenvalue weighted by Crippen LogP contribution is -2.55. The first-order valence-electron chi connectivity index (χ1n) is 7.18. The second-order valence-corrected chi connectivity index (χ2v) is 6.84. The highest BCUT2D eigenvalue weighted by molar-refractivity contribution is 7.15. The number of imidazole rings is 1. The monoisotopic (exact) mass is 276 g/mol. The van der Waals surface area contributed by atoms with Gasteiger partial charge in [-0.3, -0.25) is 9.30 Å². The summed E-state index contributed by atoms with van der Waals surface area (Å²) in [4.78, 5) is 8.48. The number of thiazole rings is 1. The predicted molar refractivity (Wildman–Crippen MR) is 77.5 cm³/mol. The summed E-state index contributed by atoms with van der Waals surface area (Å²) in [5.41, 5.74) is 1.21. The van der Waals surface area contributed by atoms with Crippen LogP contribution in [0.1, 0.15) is 25.5 Å². The molecule has 4 rings (SSSR count). The number of hydrogen-bond donors (Lipinski definition) is 1. The fourth-order valence-corrected chi connectivity index (χ4v) is 3.91. The summed E-state index contributed by atoms with van der Waals surface area (Å²) in [7, 11) is 0. The van der Waals surface area contributed by atoms with E-state index in [1.165, 1.54) is 18.5 Å². The van der Waals surface area contributed by atoms with Crippen molar-refractivity contribution in [2.45, 2.75) is 38.4 Å². The maximum absolute atomic E-state index is 4.73. The topological polar surface area (TPSA) is 32.6 Å². The van der Waals surface area contributed by atoms with Gasteiger partial charge < -0.3 is 5.32 Å². The molecule has 1 aliphatic carbocycles. The van der Waals surface area contributed by atoms with Crippen molar-refractivity contribution in [3.05, 3.63) is 23.5 Å². The first-order valence-corrected chi connectivity index (χ1v) is 8.06. The van der Waals surface area contributed by atoms with Crippen LogP contribution in [-0.4, -0.2) is 39.5 Å². The minimum Gasteiger partial charge on any atom is -0.311 e. The average molecular weight is 276 g/mol. The van der Waals surface area contributed by atoms with Crippen LogP contribution >= 0.6 is 11.3 Å². The molecule has 3 heterocycles. The summed E-state index contributed by atoms with van der Waals surface area (Å²) in [6.45, 7) is 5.57. The molecule has 2 fully saturated rings. The van der Waals surface area contributed by atoms with E-state index in [-0.39, 0.29) is 0 Å². The van der Waals surface area contributed by atoms with Gasteiger partial charge in [0.1, 0.15) is 0 Å². The molecule has 0 bridgehead atoms. The summed E-state index contributed by atoms with van der Waals surface area (Å²) in [5.74, 6) is 0.920. The number of nitrogens with zero attached hydrogens (tertiary/aromatic N) is 3. The second-order valence-electron chi connectivity index (χ2n) is 5.97. The lowest BCUT2D eigenvalue weighted by Gasteiger charge is -2.39. The fraction of sp³-hybridized carbons (Fsp3) is 0.643. The van der Waals surface area contributed by atoms with E-state index < -0.39 is 0 Å². The van der Waals surface area contributed by atoms with Crippen molar-refractivity contribution in [2.24, 2.45) is 5.92 Å². The van der Waals surface area contributed by atoms with E-state index in [2.05, 4.69) is 39.3 Å². The first-order chi connectivity index (χ1) is 9.29. The standard InChI is InChI=1S/C14H20N4S/c1-10-7-18(13(6-15-10)11-2-3-11)9-12-8-17-4-5-19-14(17)16-12/h4-5,8,10-11,13,15H,2-3,6-7,9H2,1H3. The number of hydrogen-bond acceptors (Lipinski definition) is 4. The zero-order valence-corrected chi connectivity index (χ0v) is 12.1. The van der Waals surface area contributed by atoms with E-state index in [0.717, 1.165) is 36.6 Å². The van der Waals surface area contributed by atoms with Crippen LogP contribution in [-0.2, 0) is 6.54 Å². The van der Waals surface area contributed by atoms with Crippen molar-refractivity contribution in [2.75, 3.05) is 13.1 Å². The van der Waals surface area contributed by atoms with Gasteiger partial charge in [0.15, 0.2) is 4.96 Å². The third-order valence-electron chi connectivity index (χ3n) is 4.33. The van der Waals surface area contributed by atoms with Crippen LogP contribution < -0.4 is 5.32 Å². The SMILES string of the molecule is CC1CN(Cc2cn3ccsc3n2)C(C2CC2)CN1. The zero-order valence-electron chi connectivity index (χ0n) is 11.2. The number of aromatic nitrogens is 2. The molecule has 0 spiro atoms. The Labute approximate surface area is 117 Å². The van der Waals surface area contributed by atoms with Gasteiger partial charge in [0, 0.05) is 49.5 Å². The third-order valence-corrected chi connectivity index (χ3v) is 5.10. The molecule has 0 aromatic carbocycles. The van der Waals surface area contributed by atoms with Crippen LogP contribution in [0.2, 0.25) is 0 Å². The summed E-state index contributed by atoms with van der Waals surface area (Å²) in [6.07, 6.45) is 7.10. The molecule has 2 unspecified atom stereocenters. The Morgan fingerprint density at radius 1 is 1.47 bits per heavy atom. The van der Waals surface area contributed by atoms with Crippen LogP contribution in [0.5, 0.6) is 0 Å². The van der Waals surface area contributed by atoms with Crippen molar-refractivity contribution in [3.63, 3.8) is 0 Å². The summed E-state index contributed by atoms with van der Waals surface area (Å²) in [6, 6.07) is 1.31. The van der Waals surface area contributed by atoms with Gasteiger partial charge >= 0.3 is 0 Å². The molecule has 1 aliphatic heterocycles. The second kappa shape index (κ2) is 4.58. The largest absolute Gasteiger partial charge is 0.311 e. The Balaban J connectivity index is 1.53. The Kier molecular flexibility index (Phi) is 2.86. The Morgan fingerprint density at radius 2 is 2.37 bits per heavy atom. The number of nitrogens with one attached hydrogen (secondary N) is 1. The van der Waals surface area contributed by atoms with Crippen molar-refractivity contribution in [3.8, 4) is 0 Å². The lowest BCUT2D eigenvalue weighted by atomic mass is 10.1. The molecular formula is C14H20N4S. The van der Waals surface area contributed by atoms with Gasteiger partial charge in [0.2, 0.25) is 0 Å². The number of piperazine rings is 1. The first kappa shape index (κ1) is 11.9. The van der Waals surface area contributed by atoms with Crippen molar-refractivity contribution >= 4 is 16.3 Å². The molecule has 1 saturated carbocycles. The molecule has 0 amide bonds. The number of fused-ring (bicyclic) bond motifs is 1. The van der Waals surface area contributed by atoms with Crippen LogP contribution in [0, 0.1) is 5.92 Å². The third kappa shape index (κ3) is 2.30. The van der Waals surface area contributed by atoms with E-state index in [1.807, 2.05) is 0 Å². The Morgan fingerprint density at radius 3 is 3.16 bits per heavy atom. The quantitative estimate of drug-likeness (QED) is 0.930. The van der Waals surface area contributed by atoms with Crippen LogP contribution in [0.25, 0.3) is 4.96 Å². The summed E-state index contributed by atoms with van der Waals surface area (Å²) >= 11 is 1.71. The molecule has 5 heteroatoms. The highest BCUT2D eigenvalue weighted by Gasteiger charge is 2.38. The minimum atomic E-state index is 0.596. The van der Waals surface area contributed by atoms with Crippen LogP contribution in [0.3, 0.4) is 0 Å². The van der Waals surface area contributed by atoms with Crippen LogP contribution in [0.4, 0.5) is 0 Å². The average Bonchev–Trinajstić information content (AvgIpc) is 3.00.